The molecule has 4 atom stereocenters. The van der Waals surface area contributed by atoms with Gasteiger partial charge in [0.2, 0.25) is 5.95 Å². The van der Waals surface area contributed by atoms with Gasteiger partial charge in [-0.15, -0.1) is 0 Å². The van der Waals surface area contributed by atoms with E-state index in [1.54, 1.807) is 0 Å². The largest absolute Gasteiger partial charge is 0.394 e. The third-order valence-electron chi connectivity index (χ3n) is 5.02. The highest BCUT2D eigenvalue weighted by Crippen LogP contribution is 2.32. The van der Waals surface area contributed by atoms with Crippen LogP contribution in [0.25, 0.3) is 11.2 Å². The first-order valence-corrected chi connectivity index (χ1v) is 9.34. The van der Waals surface area contributed by atoms with Crippen LogP contribution in [-0.2, 0) is 15.9 Å². The van der Waals surface area contributed by atoms with E-state index in [1.165, 1.54) is 18.0 Å². The highest BCUT2D eigenvalue weighted by Gasteiger charge is 2.45. The van der Waals surface area contributed by atoms with Crippen molar-refractivity contribution in [2.45, 2.75) is 31.0 Å². The maximum atomic E-state index is 12.4. The molecule has 1 aliphatic rings. The average Bonchev–Trinajstić information content (AvgIpc) is 3.29. The Labute approximate surface area is 166 Å². The second kappa shape index (κ2) is 8.29. The molecule has 10 heteroatoms. The van der Waals surface area contributed by atoms with Crippen molar-refractivity contribution in [1.29, 1.82) is 0 Å². The number of aromatic nitrogens is 4. The van der Waals surface area contributed by atoms with Gasteiger partial charge < -0.3 is 25.0 Å². The zero-order valence-corrected chi connectivity index (χ0v) is 15.9. The number of H-pyrrole nitrogens is 1. The van der Waals surface area contributed by atoms with Gasteiger partial charge >= 0.3 is 0 Å². The van der Waals surface area contributed by atoms with Crippen molar-refractivity contribution in [3.05, 3.63) is 52.6 Å². The van der Waals surface area contributed by atoms with Crippen molar-refractivity contribution in [2.24, 2.45) is 0 Å². The SMILES string of the molecule is COC1C(O)[C@H](n2cnc3c(=O)[nH]c(NCCc4ccccc4)nc32)O[C@@H]1CO. The van der Waals surface area contributed by atoms with Gasteiger partial charge in [0, 0.05) is 13.7 Å². The topological polar surface area (TPSA) is 135 Å². The molecule has 0 amide bonds. The molecule has 4 N–H and O–H groups in total. The molecule has 0 saturated carbocycles. The van der Waals surface area contributed by atoms with E-state index < -0.39 is 30.1 Å². The summed E-state index contributed by atoms with van der Waals surface area (Å²) >= 11 is 0. The molecular weight excluding hydrogens is 378 g/mol. The van der Waals surface area contributed by atoms with Crippen LogP contribution in [0, 0.1) is 0 Å². The predicted octanol–water partition coefficient (Wildman–Crippen LogP) is 0.0398. The molecule has 3 aromatic rings. The van der Waals surface area contributed by atoms with Crippen LogP contribution in [0.4, 0.5) is 5.95 Å². The third kappa shape index (κ3) is 3.75. The number of hydrogen-bond donors (Lipinski definition) is 4. The van der Waals surface area contributed by atoms with Gasteiger partial charge in [-0.3, -0.25) is 14.3 Å². The van der Waals surface area contributed by atoms with Gasteiger partial charge in [-0.1, -0.05) is 30.3 Å². The number of imidazole rings is 1. The number of rotatable bonds is 7. The minimum atomic E-state index is -1.05. The first kappa shape index (κ1) is 19.5. The number of benzene rings is 1. The van der Waals surface area contributed by atoms with E-state index in [-0.39, 0.29) is 17.8 Å². The molecule has 2 aromatic heterocycles. The van der Waals surface area contributed by atoms with Gasteiger partial charge in [0.05, 0.1) is 12.9 Å². The van der Waals surface area contributed by atoms with E-state index in [0.29, 0.717) is 12.5 Å². The number of aromatic amines is 1. The fraction of sp³-hybridized carbons (Fsp3) is 0.421. The maximum absolute atomic E-state index is 12.4. The summed E-state index contributed by atoms with van der Waals surface area (Å²) in [4.78, 5) is 23.6. The van der Waals surface area contributed by atoms with E-state index >= 15 is 0 Å². The molecule has 4 rings (SSSR count). The Kier molecular flexibility index (Phi) is 5.58. The number of ether oxygens (including phenoxy) is 2. The Balaban J connectivity index is 1.58. The van der Waals surface area contributed by atoms with E-state index in [0.717, 1.165) is 12.0 Å². The third-order valence-corrected chi connectivity index (χ3v) is 5.02. The molecule has 1 aromatic carbocycles. The van der Waals surface area contributed by atoms with Crippen LogP contribution in [0.5, 0.6) is 0 Å². The number of hydrogen-bond acceptors (Lipinski definition) is 8. The van der Waals surface area contributed by atoms with Gasteiger partial charge in [-0.25, -0.2) is 4.98 Å². The first-order chi connectivity index (χ1) is 14.1. The summed E-state index contributed by atoms with van der Waals surface area (Å²) in [7, 11) is 1.44. The lowest BCUT2D eigenvalue weighted by atomic mass is 10.1. The van der Waals surface area contributed by atoms with Crippen molar-refractivity contribution < 1.29 is 19.7 Å². The molecule has 0 aliphatic carbocycles. The van der Waals surface area contributed by atoms with Gasteiger partial charge in [-0.05, 0) is 12.0 Å². The summed E-state index contributed by atoms with van der Waals surface area (Å²) in [5.41, 5.74) is 1.17. The summed E-state index contributed by atoms with van der Waals surface area (Å²) in [6.07, 6.45) is -1.17. The lowest BCUT2D eigenvalue weighted by Crippen LogP contribution is -2.35. The van der Waals surface area contributed by atoms with Crippen molar-refractivity contribution in [1.82, 2.24) is 19.5 Å². The number of fused-ring (bicyclic) bond motifs is 1. The van der Waals surface area contributed by atoms with E-state index in [2.05, 4.69) is 20.3 Å². The van der Waals surface area contributed by atoms with Gasteiger partial charge in [0.25, 0.3) is 5.56 Å². The molecule has 2 unspecified atom stereocenters. The highest BCUT2D eigenvalue weighted by molar-refractivity contribution is 5.71. The number of anilines is 1. The minimum Gasteiger partial charge on any atom is -0.394 e. The number of nitrogens with one attached hydrogen (secondary N) is 2. The lowest BCUT2D eigenvalue weighted by molar-refractivity contribution is -0.0535. The van der Waals surface area contributed by atoms with Crippen LogP contribution in [0.3, 0.4) is 0 Å². The zero-order valence-electron chi connectivity index (χ0n) is 15.9. The van der Waals surface area contributed by atoms with Crippen molar-refractivity contribution >= 4 is 17.1 Å². The summed E-state index contributed by atoms with van der Waals surface area (Å²) in [5.74, 6) is 0.301. The lowest BCUT2D eigenvalue weighted by Gasteiger charge is -2.18. The molecule has 0 radical (unpaired) electrons. The number of aliphatic hydroxyl groups excluding tert-OH is 2. The average molecular weight is 401 g/mol. The van der Waals surface area contributed by atoms with Crippen LogP contribution in [0.15, 0.2) is 41.5 Å². The van der Waals surface area contributed by atoms with Crippen LogP contribution in [0.2, 0.25) is 0 Å². The second-order valence-electron chi connectivity index (χ2n) is 6.84. The molecule has 1 fully saturated rings. The Morgan fingerprint density at radius 3 is 2.83 bits per heavy atom. The van der Waals surface area contributed by atoms with E-state index in [9.17, 15) is 15.0 Å². The Hall–Kier alpha value is -2.79. The summed E-state index contributed by atoms with van der Waals surface area (Å²) in [6, 6.07) is 9.96. The molecule has 29 heavy (non-hydrogen) atoms. The second-order valence-corrected chi connectivity index (χ2v) is 6.84. The van der Waals surface area contributed by atoms with Crippen molar-refractivity contribution in [3.63, 3.8) is 0 Å². The molecule has 1 saturated heterocycles. The fourth-order valence-electron chi connectivity index (χ4n) is 3.55. The molecule has 154 valence electrons. The van der Waals surface area contributed by atoms with Crippen LogP contribution >= 0.6 is 0 Å². The number of aliphatic hydroxyl groups is 2. The van der Waals surface area contributed by atoms with Gasteiger partial charge in [-0.2, -0.15) is 4.98 Å². The Bertz CT molecular complexity index is 1020. The van der Waals surface area contributed by atoms with E-state index in [1.807, 2.05) is 30.3 Å². The summed E-state index contributed by atoms with van der Waals surface area (Å²) < 4.78 is 12.4. The Morgan fingerprint density at radius 2 is 2.14 bits per heavy atom. The van der Waals surface area contributed by atoms with Gasteiger partial charge in [0.15, 0.2) is 17.4 Å². The summed E-state index contributed by atoms with van der Waals surface area (Å²) in [6.45, 7) is 0.270. The van der Waals surface area contributed by atoms with Crippen molar-refractivity contribution in [2.75, 3.05) is 25.6 Å². The summed E-state index contributed by atoms with van der Waals surface area (Å²) in [5, 5.41) is 23.1. The monoisotopic (exact) mass is 401 g/mol. The molecule has 10 nitrogen and oxygen atoms in total. The standard InChI is InChI=1S/C19H23N5O5/c1-28-15-12(9-25)29-18(14(15)26)24-10-21-13-16(24)22-19(23-17(13)27)20-8-7-11-5-3-2-4-6-11/h2-6,10,12,14-15,18,25-26H,7-9H2,1H3,(H2,20,22,23,27)/t12-,14?,15?,18-/m1/s1. The molecular formula is C19H23N5O5. The first-order valence-electron chi connectivity index (χ1n) is 9.34. The van der Waals surface area contributed by atoms with Crippen LogP contribution in [-0.4, -0.2) is 68.3 Å². The van der Waals surface area contributed by atoms with Crippen LogP contribution in [0.1, 0.15) is 11.8 Å². The zero-order chi connectivity index (χ0) is 20.4. The highest BCUT2D eigenvalue weighted by atomic mass is 16.6. The normalized spacial score (nSPS) is 24.2. The molecule has 1 aliphatic heterocycles. The number of methoxy groups -OCH3 is 1. The number of nitrogens with zero attached hydrogens (tertiary/aromatic N) is 3. The van der Waals surface area contributed by atoms with Crippen molar-refractivity contribution in [3.8, 4) is 0 Å². The fourth-order valence-corrected chi connectivity index (χ4v) is 3.55. The van der Waals surface area contributed by atoms with Gasteiger partial charge in [0.1, 0.15) is 18.3 Å². The molecule has 0 spiro atoms. The minimum absolute atomic E-state index is 0.135. The predicted molar refractivity (Wildman–Crippen MR) is 105 cm³/mol. The maximum Gasteiger partial charge on any atom is 0.280 e. The molecule has 0 bridgehead atoms. The Morgan fingerprint density at radius 1 is 1.34 bits per heavy atom. The molecule has 3 heterocycles. The smallest absolute Gasteiger partial charge is 0.280 e. The van der Waals surface area contributed by atoms with E-state index in [4.69, 9.17) is 9.47 Å². The van der Waals surface area contributed by atoms with Crippen LogP contribution < -0.4 is 10.9 Å². The quantitative estimate of drug-likeness (QED) is 0.436.